The lowest BCUT2D eigenvalue weighted by atomic mass is 10.1. The molecule has 0 unspecified atom stereocenters. The number of amides is 4. The first-order valence-electron chi connectivity index (χ1n) is 42.2. The monoisotopic (exact) mass is 1800 g/mol. The number of fused-ring (bicyclic) bond motifs is 4. The van der Waals surface area contributed by atoms with E-state index in [4.69, 9.17) is 0 Å². The van der Waals surface area contributed by atoms with Gasteiger partial charge in [-0.2, -0.15) is 10.2 Å². The van der Waals surface area contributed by atoms with Gasteiger partial charge in [0.15, 0.2) is 0 Å². The highest BCUT2D eigenvalue weighted by Crippen LogP contribution is 2.33. The number of H-pyrrole nitrogens is 4. The normalized spacial score (nSPS) is 11.1. The number of hydrogen-bond donors (Lipinski definition) is 12. The van der Waals surface area contributed by atoms with Crippen molar-refractivity contribution in [3.05, 3.63) is 287 Å². The van der Waals surface area contributed by atoms with Crippen LogP contribution in [0.15, 0.2) is 214 Å². The number of thiazole rings is 1. The Kier molecular flexibility index (Phi) is 25.4. The highest BCUT2D eigenvalue weighted by Gasteiger charge is 2.21. The van der Waals surface area contributed by atoms with Crippen molar-refractivity contribution in [2.45, 2.75) is 74.3 Å². The topological polar surface area (TPSA) is 468 Å². The second-order valence-corrected chi connectivity index (χ2v) is 32.5. The fourth-order valence-electron chi connectivity index (χ4n) is 14.8. The summed E-state index contributed by atoms with van der Waals surface area (Å²) in [6.45, 7) is 14.4. The zero-order chi connectivity index (χ0) is 92.5. The van der Waals surface area contributed by atoms with E-state index in [1.807, 2.05) is 251 Å². The largest absolute Gasteiger partial charge is 0.350 e. The van der Waals surface area contributed by atoms with Gasteiger partial charge in [-0.05, 0) is 167 Å². The van der Waals surface area contributed by atoms with E-state index in [1.54, 1.807) is 79.0 Å². The van der Waals surface area contributed by atoms with Gasteiger partial charge in [0.25, 0.3) is 23.6 Å². The molecule has 39 nitrogen and oxygen atoms in total. The van der Waals surface area contributed by atoms with Crippen molar-refractivity contribution in [3.8, 4) is 45.6 Å². The predicted octanol–water partition coefficient (Wildman–Crippen LogP) is 13.8. The van der Waals surface area contributed by atoms with Crippen LogP contribution in [0.25, 0.3) is 89.2 Å². The van der Waals surface area contributed by atoms with Crippen molar-refractivity contribution in [2.24, 2.45) is 42.3 Å². The van der Waals surface area contributed by atoms with Crippen LogP contribution in [0, 0.1) is 34.6 Å². The van der Waals surface area contributed by atoms with Crippen molar-refractivity contribution in [3.63, 3.8) is 0 Å². The molecule has 0 aliphatic carbocycles. The second-order valence-electron chi connectivity index (χ2n) is 31.8. The molecule has 40 heteroatoms. The maximum Gasteiger partial charge on any atom is 0.268 e. The number of carbonyl (C=O) groups is 4. The third kappa shape index (κ3) is 20.9. The number of aryl methyl sites for hydroxylation is 12. The number of hydrogen-bond acceptors (Lipinski definition) is 25. The van der Waals surface area contributed by atoms with Gasteiger partial charge in [-0.3, -0.25) is 28.5 Å². The molecule has 16 aromatic heterocycles. The maximum atomic E-state index is 12.8. The van der Waals surface area contributed by atoms with Crippen LogP contribution in [0.2, 0.25) is 0 Å². The first-order chi connectivity index (χ1) is 64.4. The molecule has 4 amide bonds. The minimum Gasteiger partial charge on any atom is -0.350 e. The fourth-order valence-corrected chi connectivity index (χ4v) is 15.4. The molecule has 0 saturated carbocycles. The lowest BCUT2D eigenvalue weighted by Crippen LogP contribution is -2.24. The number of carbonyl (C=O) groups excluding carboxylic acids is 4. The Balaban J connectivity index is 0.000000124. The number of anilines is 8. The van der Waals surface area contributed by atoms with Crippen molar-refractivity contribution in [1.29, 1.82) is 0 Å². The summed E-state index contributed by atoms with van der Waals surface area (Å²) in [6.07, 6.45) is 28.5. The molecule has 20 aromatic rings. The number of benzene rings is 4. The quantitative estimate of drug-likeness (QED) is 0.0253. The van der Waals surface area contributed by atoms with Gasteiger partial charge in [0.05, 0.1) is 102 Å². The van der Waals surface area contributed by atoms with Crippen LogP contribution in [0.3, 0.4) is 0 Å². The van der Waals surface area contributed by atoms with E-state index in [9.17, 15) is 19.2 Å². The molecular weight excluding hydrogens is 1700 g/mol. The number of aromatic amines is 4. The van der Waals surface area contributed by atoms with Crippen molar-refractivity contribution >= 4 is 125 Å². The molecule has 0 aliphatic heterocycles. The van der Waals surface area contributed by atoms with Crippen LogP contribution in [0.5, 0.6) is 0 Å². The number of nitrogens with one attached hydrogen (secondary N) is 12. The molecule has 0 radical (unpaired) electrons. The second kappa shape index (κ2) is 38.6. The summed E-state index contributed by atoms with van der Waals surface area (Å²) in [5, 5.41) is 38.9. The van der Waals surface area contributed by atoms with E-state index in [-0.39, 0.29) is 23.6 Å². The van der Waals surface area contributed by atoms with Crippen molar-refractivity contribution in [2.75, 3.05) is 21.3 Å². The lowest BCUT2D eigenvalue weighted by molar-refractivity contribution is 0.0938. The molecular formula is C93H93N35O4S. The van der Waals surface area contributed by atoms with Gasteiger partial charge >= 0.3 is 0 Å². The van der Waals surface area contributed by atoms with Crippen LogP contribution in [0.1, 0.15) is 99.5 Å². The molecule has 0 bridgehead atoms. The Morgan fingerprint density at radius 2 is 0.729 bits per heavy atom. The first kappa shape index (κ1) is 87.6. The van der Waals surface area contributed by atoms with Gasteiger partial charge in [0.2, 0.25) is 23.8 Å². The Hall–Kier alpha value is -17.5. The number of rotatable bonds is 25. The first-order valence-corrected chi connectivity index (χ1v) is 43.1. The van der Waals surface area contributed by atoms with E-state index >= 15 is 0 Å². The number of imidazole rings is 5. The molecule has 0 spiro atoms. The summed E-state index contributed by atoms with van der Waals surface area (Å²) >= 11 is 1.50. The summed E-state index contributed by atoms with van der Waals surface area (Å²) in [6, 6.07) is 32.4. The zero-order valence-corrected chi connectivity index (χ0v) is 75.4. The van der Waals surface area contributed by atoms with E-state index in [2.05, 4.69) is 142 Å². The Morgan fingerprint density at radius 3 is 1.03 bits per heavy atom. The average molecular weight is 1800 g/mol. The highest BCUT2D eigenvalue weighted by molar-refractivity contribution is 7.07. The predicted molar refractivity (Wildman–Crippen MR) is 508 cm³/mol. The van der Waals surface area contributed by atoms with Gasteiger partial charge in [0, 0.05) is 201 Å². The standard InChI is InChI=1S/C25H27N9O.2C23H23N9O.C22H20N8OS/c1-5-34-12-18(16(3)32-34)11-27-24(35)21-10-17-9-19(8-15(2)23(17)30-21)29-25-26-7-6-20(31-25)22-13-33(4)14-28-22;1-14-8-16(28-23-24-6-5-18(30-23)20-12-31(2)13-26-20)9-15-10-19(29-21(14)15)22(33)25-11-17-4-7-27-32(17)3;1-14-6-16(28-23-25-5-4-18(30-23)20-11-31(2)13-27-20)7-15-8-19(29-21(14)15)22(33)26-10-17-9-24-12-32(17)3;1-13-5-15(27-22-23-4-3-17(29-22)19-9-30(2)11-25-19)6-14-7-18(28-20(13)14)21(31)24-8-16-10-32-12-26-16/h6-10,12-14,30H,5,11H2,1-4H3,(H,27,35)(H,26,29,31);4-10,12-13,29H,11H2,1-3H3,(H,25,33)(H,24,28,30);4-9,11-13,29H,10H2,1-3H3,(H,26,33)(H,25,28,30);3-7,9-12,28H,8H2,1-2H3,(H,24,31)(H,23,27,29). The summed E-state index contributed by atoms with van der Waals surface area (Å²) in [5.41, 5.74) is 25.5. The van der Waals surface area contributed by atoms with Gasteiger partial charge in [-0.15, -0.1) is 11.3 Å². The van der Waals surface area contributed by atoms with Gasteiger partial charge in [-0.25, -0.2) is 69.8 Å². The molecule has 4 aromatic carbocycles. The SMILES string of the molecule is CCn1cc(CNC(=O)c2cc3cc(Nc4nccc(-c5cn(C)cn5)n4)cc(C)c3[nH]2)c(C)n1.Cc1cc(Nc2nccc(-c3cn(C)cn3)n2)cc2cc(C(=O)NCc3ccnn3C)[nH]c12.Cc1cc(Nc2nccc(-c3cn(C)cn3)n2)cc2cc(C(=O)NCc3cncn3C)[nH]c12.Cc1cc(Nc2nccc(-c3cn(C)cn3)n2)cc2cc(C(=O)NCc3cscn3)[nH]c12. The third-order valence-electron chi connectivity index (χ3n) is 21.6. The van der Waals surface area contributed by atoms with E-state index in [1.165, 1.54) is 11.3 Å². The summed E-state index contributed by atoms with van der Waals surface area (Å²) in [5.74, 6) is 1.22. The van der Waals surface area contributed by atoms with E-state index in [0.717, 1.165) is 169 Å². The van der Waals surface area contributed by atoms with Crippen LogP contribution < -0.4 is 42.5 Å². The molecule has 0 atom stereocenters. The molecule has 0 aliphatic rings. The molecule has 12 N–H and O–H groups in total. The summed E-state index contributed by atoms with van der Waals surface area (Å²) in [7, 11) is 11.4. The third-order valence-corrected chi connectivity index (χ3v) is 22.3. The van der Waals surface area contributed by atoms with Gasteiger partial charge in [0.1, 0.15) is 45.6 Å². The minimum absolute atomic E-state index is 0.162. The van der Waals surface area contributed by atoms with Crippen LogP contribution in [-0.2, 0) is 75.0 Å². The van der Waals surface area contributed by atoms with Crippen molar-refractivity contribution < 1.29 is 19.2 Å². The molecule has 133 heavy (non-hydrogen) atoms. The van der Waals surface area contributed by atoms with Crippen LogP contribution in [0.4, 0.5) is 46.5 Å². The Bertz CT molecular complexity index is 7410. The average Bonchev–Trinajstić information content (AvgIpc) is 1.67. The van der Waals surface area contributed by atoms with Crippen molar-refractivity contribution in [1.82, 2.24) is 153 Å². The zero-order valence-electron chi connectivity index (χ0n) is 74.6. The summed E-state index contributed by atoms with van der Waals surface area (Å²) < 4.78 is 13.0. The maximum absolute atomic E-state index is 12.8. The number of aromatic nitrogens is 27. The minimum atomic E-state index is -0.173. The smallest absolute Gasteiger partial charge is 0.268 e. The molecule has 20 rings (SSSR count). The lowest BCUT2D eigenvalue weighted by Gasteiger charge is -2.07. The molecule has 0 fully saturated rings. The van der Waals surface area contributed by atoms with Crippen LogP contribution in [-0.4, -0.2) is 156 Å². The van der Waals surface area contributed by atoms with Crippen LogP contribution >= 0.6 is 11.3 Å². The van der Waals surface area contributed by atoms with E-state index in [0.29, 0.717) is 72.7 Å². The number of nitrogens with zero attached hydrogens (tertiary/aromatic N) is 23. The highest BCUT2D eigenvalue weighted by atomic mass is 32.1. The van der Waals surface area contributed by atoms with Gasteiger partial charge < -0.3 is 85.3 Å². The van der Waals surface area contributed by atoms with E-state index < -0.39 is 0 Å². The Labute approximate surface area is 764 Å². The Morgan fingerprint density at radius 1 is 0.376 bits per heavy atom. The molecule has 670 valence electrons. The summed E-state index contributed by atoms with van der Waals surface area (Å²) in [4.78, 5) is 125. The molecule has 0 saturated heterocycles. The van der Waals surface area contributed by atoms with Gasteiger partial charge in [-0.1, -0.05) is 0 Å². The molecule has 16 heterocycles. The fraction of sp³-hybridized carbons (Fsp3) is 0.183.